The minimum atomic E-state index is -6.42. The van der Waals surface area contributed by atoms with Crippen LogP contribution in [-0.4, -0.2) is 36.2 Å². The summed E-state index contributed by atoms with van der Waals surface area (Å²) in [6, 6.07) is 6.09. The number of carbonyl (C=O) groups is 2. The van der Waals surface area contributed by atoms with Crippen molar-refractivity contribution in [2.75, 3.05) is 17.3 Å². The van der Waals surface area contributed by atoms with Crippen LogP contribution in [0.15, 0.2) is 54.9 Å². The lowest BCUT2D eigenvalue weighted by Gasteiger charge is -2.30. The lowest BCUT2D eigenvalue weighted by Crippen LogP contribution is -2.50. The standard InChI is InChI=1S/C23H13Cl2F8N3O2/c1-36(20(38)11-5-7-34-8-6-11)16-4-2-3-13(17(16)26)19(37)35-18-14(24)9-12(10-15(18)25)21(27,22(28,29)30)23(31,32)33/h2-10H,1H3,(H,35,37). The smallest absolute Gasteiger partial charge is 0.319 e. The van der Waals surface area contributed by atoms with Crippen LogP contribution >= 0.6 is 23.2 Å². The molecule has 1 heterocycles. The molecule has 38 heavy (non-hydrogen) atoms. The Morgan fingerprint density at radius 1 is 0.895 bits per heavy atom. The van der Waals surface area contributed by atoms with E-state index < -0.39 is 62.5 Å². The maximum Gasteiger partial charge on any atom is 0.435 e. The van der Waals surface area contributed by atoms with Crippen molar-refractivity contribution in [3.63, 3.8) is 0 Å². The highest BCUT2D eigenvalue weighted by Gasteiger charge is 2.73. The highest BCUT2D eigenvalue weighted by Crippen LogP contribution is 2.54. The normalized spacial score (nSPS) is 12.3. The highest BCUT2D eigenvalue weighted by molar-refractivity contribution is 6.40. The minimum absolute atomic E-state index is 0.00201. The second-order valence-corrected chi connectivity index (χ2v) is 8.48. The fraction of sp³-hybridized carbons (Fsp3) is 0.174. The molecule has 0 radical (unpaired) electrons. The van der Waals surface area contributed by atoms with Gasteiger partial charge in [0.1, 0.15) is 0 Å². The van der Waals surface area contributed by atoms with E-state index in [2.05, 4.69) is 4.98 Å². The van der Waals surface area contributed by atoms with Crippen LogP contribution in [0.25, 0.3) is 0 Å². The van der Waals surface area contributed by atoms with Crippen molar-refractivity contribution in [2.24, 2.45) is 0 Å². The molecule has 0 saturated carbocycles. The molecule has 3 rings (SSSR count). The van der Waals surface area contributed by atoms with Gasteiger partial charge in [-0.3, -0.25) is 14.6 Å². The molecule has 0 bridgehead atoms. The monoisotopic (exact) mass is 585 g/mol. The number of halogens is 10. The summed E-state index contributed by atoms with van der Waals surface area (Å²) < 4.78 is 108. The number of hydrogen-bond acceptors (Lipinski definition) is 3. The Morgan fingerprint density at radius 3 is 1.92 bits per heavy atom. The van der Waals surface area contributed by atoms with Gasteiger partial charge in [-0.15, -0.1) is 0 Å². The second-order valence-electron chi connectivity index (χ2n) is 7.66. The van der Waals surface area contributed by atoms with E-state index in [1.165, 1.54) is 43.7 Å². The van der Waals surface area contributed by atoms with E-state index >= 15 is 4.39 Å². The number of hydrogen-bond donors (Lipinski definition) is 1. The summed E-state index contributed by atoms with van der Waals surface area (Å²) in [6.07, 6.45) is -10.2. The molecule has 2 amide bonds. The summed E-state index contributed by atoms with van der Waals surface area (Å²) >= 11 is 11.5. The molecule has 0 aliphatic heterocycles. The van der Waals surface area contributed by atoms with Gasteiger partial charge in [-0.05, 0) is 36.4 Å². The zero-order valence-electron chi connectivity index (χ0n) is 18.7. The molecule has 2 aromatic carbocycles. The van der Waals surface area contributed by atoms with Crippen LogP contribution in [0.3, 0.4) is 0 Å². The fourth-order valence-corrected chi connectivity index (χ4v) is 3.89. The van der Waals surface area contributed by atoms with Gasteiger partial charge in [-0.2, -0.15) is 26.3 Å². The van der Waals surface area contributed by atoms with Crippen molar-refractivity contribution in [2.45, 2.75) is 18.0 Å². The average molecular weight is 586 g/mol. The Labute approximate surface area is 219 Å². The maximum absolute atomic E-state index is 15.2. The zero-order chi connectivity index (χ0) is 28.6. The van der Waals surface area contributed by atoms with E-state index in [1.54, 1.807) is 0 Å². The molecule has 0 atom stereocenters. The molecule has 202 valence electrons. The first-order valence-corrected chi connectivity index (χ1v) is 10.9. The van der Waals surface area contributed by atoms with Gasteiger partial charge in [-0.25, -0.2) is 8.78 Å². The van der Waals surface area contributed by atoms with E-state index in [-0.39, 0.29) is 23.4 Å². The van der Waals surface area contributed by atoms with Gasteiger partial charge in [0.05, 0.1) is 27.0 Å². The van der Waals surface area contributed by atoms with E-state index in [9.17, 15) is 40.3 Å². The van der Waals surface area contributed by atoms with Gasteiger partial charge >= 0.3 is 18.0 Å². The van der Waals surface area contributed by atoms with Crippen molar-refractivity contribution in [3.8, 4) is 0 Å². The first-order chi connectivity index (χ1) is 17.5. The number of nitrogens with zero attached hydrogens (tertiary/aromatic N) is 2. The first kappa shape index (κ1) is 29.1. The van der Waals surface area contributed by atoms with Gasteiger partial charge in [0.25, 0.3) is 11.8 Å². The van der Waals surface area contributed by atoms with Gasteiger partial charge in [0, 0.05) is 30.6 Å². The molecule has 0 aliphatic rings. The van der Waals surface area contributed by atoms with Crippen molar-refractivity contribution in [1.29, 1.82) is 0 Å². The van der Waals surface area contributed by atoms with Crippen molar-refractivity contribution in [1.82, 2.24) is 4.98 Å². The fourth-order valence-electron chi connectivity index (χ4n) is 3.31. The van der Waals surface area contributed by atoms with Crippen molar-refractivity contribution < 1.29 is 44.7 Å². The van der Waals surface area contributed by atoms with Crippen LogP contribution in [-0.2, 0) is 5.67 Å². The molecular weight excluding hydrogens is 573 g/mol. The quantitative estimate of drug-likeness (QED) is 0.318. The van der Waals surface area contributed by atoms with Crippen LogP contribution in [0.4, 0.5) is 46.5 Å². The summed E-state index contributed by atoms with van der Waals surface area (Å²) in [6.45, 7) is 0. The maximum atomic E-state index is 15.2. The third-order valence-corrected chi connectivity index (χ3v) is 5.87. The number of benzene rings is 2. The molecule has 1 N–H and O–H groups in total. The summed E-state index contributed by atoms with van der Waals surface area (Å²) in [7, 11) is 1.22. The number of rotatable bonds is 5. The highest BCUT2D eigenvalue weighted by atomic mass is 35.5. The molecular formula is C23H13Cl2F8N3O2. The number of nitrogens with one attached hydrogen (secondary N) is 1. The Kier molecular flexibility index (Phi) is 7.94. The van der Waals surface area contributed by atoms with E-state index in [0.29, 0.717) is 0 Å². The molecule has 0 aliphatic carbocycles. The molecule has 5 nitrogen and oxygen atoms in total. The van der Waals surface area contributed by atoms with Crippen molar-refractivity contribution in [3.05, 3.63) is 87.4 Å². The minimum Gasteiger partial charge on any atom is -0.319 e. The van der Waals surface area contributed by atoms with Crippen LogP contribution in [0, 0.1) is 5.82 Å². The Morgan fingerprint density at radius 2 is 1.42 bits per heavy atom. The number of carbonyl (C=O) groups excluding carboxylic acids is 2. The van der Waals surface area contributed by atoms with Crippen LogP contribution in [0.1, 0.15) is 26.3 Å². The predicted molar refractivity (Wildman–Crippen MR) is 123 cm³/mol. The van der Waals surface area contributed by atoms with Crippen LogP contribution < -0.4 is 10.2 Å². The first-order valence-electron chi connectivity index (χ1n) is 10.1. The number of pyridine rings is 1. The van der Waals surface area contributed by atoms with Crippen LogP contribution in [0.2, 0.25) is 10.0 Å². The average Bonchev–Trinajstić information content (AvgIpc) is 2.83. The number of aromatic nitrogens is 1. The summed E-state index contributed by atoms with van der Waals surface area (Å²) in [5.74, 6) is -3.13. The van der Waals surface area contributed by atoms with Gasteiger partial charge < -0.3 is 10.2 Å². The predicted octanol–water partition coefficient (Wildman–Crippen LogP) is 7.35. The van der Waals surface area contributed by atoms with E-state index in [0.717, 1.165) is 11.0 Å². The Bertz CT molecular complexity index is 1340. The number of amides is 2. The number of alkyl halides is 7. The Balaban J connectivity index is 1.96. The molecule has 0 saturated heterocycles. The molecule has 0 unspecified atom stereocenters. The van der Waals surface area contributed by atoms with Gasteiger partial charge in [0.2, 0.25) is 0 Å². The summed E-state index contributed by atoms with van der Waals surface area (Å²) in [5.41, 5.74) is -9.38. The lowest BCUT2D eigenvalue weighted by atomic mass is 9.94. The molecule has 0 fully saturated rings. The summed E-state index contributed by atoms with van der Waals surface area (Å²) in [4.78, 5) is 30.0. The van der Waals surface area contributed by atoms with Crippen LogP contribution in [0.5, 0.6) is 0 Å². The summed E-state index contributed by atoms with van der Waals surface area (Å²) in [5, 5.41) is 0.00327. The van der Waals surface area contributed by atoms with Gasteiger partial charge in [-0.1, -0.05) is 29.3 Å². The zero-order valence-corrected chi connectivity index (χ0v) is 20.2. The molecule has 0 spiro atoms. The number of anilines is 2. The SMILES string of the molecule is CN(C(=O)c1ccncc1)c1cccc(C(=O)Nc2c(Cl)cc(C(F)(C(F)(F)F)C(F)(F)F)cc2Cl)c1F. The molecule has 3 aromatic rings. The third kappa shape index (κ3) is 5.25. The third-order valence-electron chi connectivity index (χ3n) is 5.28. The van der Waals surface area contributed by atoms with Gasteiger partial charge in [0.15, 0.2) is 5.82 Å². The molecule has 15 heteroatoms. The molecule has 1 aromatic heterocycles. The second kappa shape index (κ2) is 10.4. The van der Waals surface area contributed by atoms with Crippen molar-refractivity contribution >= 4 is 46.4 Å². The topological polar surface area (TPSA) is 62.3 Å². The van der Waals surface area contributed by atoms with E-state index in [4.69, 9.17) is 23.2 Å². The Hall–Kier alpha value is -3.45. The lowest BCUT2D eigenvalue weighted by molar-refractivity contribution is -0.348. The van der Waals surface area contributed by atoms with E-state index in [1.807, 2.05) is 5.32 Å². The largest absolute Gasteiger partial charge is 0.435 e.